The highest BCUT2D eigenvalue weighted by Gasteiger charge is 2.33. The summed E-state index contributed by atoms with van der Waals surface area (Å²) in [7, 11) is 0. The Morgan fingerprint density at radius 2 is 1.79 bits per heavy atom. The zero-order valence-corrected chi connectivity index (χ0v) is 14.0. The third kappa shape index (κ3) is 4.96. The van der Waals surface area contributed by atoms with Crippen LogP contribution < -0.4 is 16.0 Å². The van der Waals surface area contributed by atoms with Crippen molar-refractivity contribution in [1.82, 2.24) is 16.0 Å². The molecule has 1 aromatic carbocycles. The van der Waals surface area contributed by atoms with E-state index in [1.165, 1.54) is 0 Å². The zero-order chi connectivity index (χ0) is 16.9. The molecule has 3 rings (SSSR count). The first-order chi connectivity index (χ1) is 11.6. The molecule has 0 heterocycles. The van der Waals surface area contributed by atoms with Crippen molar-refractivity contribution in [2.75, 3.05) is 0 Å². The minimum atomic E-state index is -0.387. The first kappa shape index (κ1) is 16.8. The van der Waals surface area contributed by atoms with E-state index < -0.39 is 0 Å². The lowest BCUT2D eigenvalue weighted by Gasteiger charge is -2.37. The quantitative estimate of drug-likeness (QED) is 0.710. The fraction of sp³-hybridized carbons (Fsp3) is 0.556. The molecule has 2 saturated carbocycles. The number of carbonyl (C=O) groups excluding carboxylic acids is 2. The number of amides is 2. The Morgan fingerprint density at radius 1 is 1.08 bits per heavy atom. The van der Waals surface area contributed by atoms with E-state index >= 15 is 0 Å². The van der Waals surface area contributed by atoms with Gasteiger partial charge in [-0.1, -0.05) is 30.3 Å². The Labute approximate surface area is 142 Å². The summed E-state index contributed by atoms with van der Waals surface area (Å²) in [5.41, 5.74) is 0.969. The average molecular weight is 331 g/mol. The Bertz CT molecular complexity index is 568. The summed E-state index contributed by atoms with van der Waals surface area (Å²) in [4.78, 5) is 23.7. The maximum atomic E-state index is 11.9. The maximum absolute atomic E-state index is 11.9. The minimum Gasteiger partial charge on any atom is -0.445 e. The number of nitrogens with one attached hydrogen (secondary N) is 3. The molecule has 130 valence electrons. The van der Waals surface area contributed by atoms with Gasteiger partial charge in [0, 0.05) is 18.1 Å². The topological polar surface area (TPSA) is 79.5 Å². The molecule has 1 aromatic rings. The van der Waals surface area contributed by atoms with Crippen LogP contribution >= 0.6 is 0 Å². The summed E-state index contributed by atoms with van der Waals surface area (Å²) < 4.78 is 5.21. The lowest BCUT2D eigenvalue weighted by atomic mass is 9.86. The van der Waals surface area contributed by atoms with Gasteiger partial charge in [0.25, 0.3) is 0 Å². The monoisotopic (exact) mass is 331 g/mol. The van der Waals surface area contributed by atoms with Crippen LogP contribution in [0.3, 0.4) is 0 Å². The van der Waals surface area contributed by atoms with Crippen LogP contribution in [0, 0.1) is 0 Å². The summed E-state index contributed by atoms with van der Waals surface area (Å²) in [6.07, 6.45) is 3.45. The second-order valence-corrected chi connectivity index (χ2v) is 6.74. The van der Waals surface area contributed by atoms with Gasteiger partial charge < -0.3 is 20.7 Å². The second-order valence-electron chi connectivity index (χ2n) is 6.74. The normalized spacial score (nSPS) is 23.7. The fourth-order valence-electron chi connectivity index (χ4n) is 2.79. The molecular weight excluding hydrogens is 306 g/mol. The number of ether oxygens (including phenoxy) is 1. The van der Waals surface area contributed by atoms with E-state index in [4.69, 9.17) is 4.74 Å². The van der Waals surface area contributed by atoms with E-state index in [1.807, 2.05) is 37.3 Å². The molecule has 24 heavy (non-hydrogen) atoms. The summed E-state index contributed by atoms with van der Waals surface area (Å²) >= 11 is 0. The number of hydrogen-bond donors (Lipinski definition) is 3. The highest BCUT2D eigenvalue weighted by atomic mass is 16.5. The smallest absolute Gasteiger partial charge is 0.407 e. The molecule has 6 heteroatoms. The van der Waals surface area contributed by atoms with Gasteiger partial charge in [0.2, 0.25) is 5.91 Å². The van der Waals surface area contributed by atoms with Gasteiger partial charge in [-0.05, 0) is 38.2 Å². The molecule has 3 N–H and O–H groups in total. The van der Waals surface area contributed by atoms with E-state index in [-0.39, 0.29) is 36.7 Å². The molecule has 0 aliphatic heterocycles. The minimum absolute atomic E-state index is 0.0659. The molecule has 2 fully saturated rings. The Kier molecular flexibility index (Phi) is 5.35. The first-order valence-electron chi connectivity index (χ1n) is 8.64. The summed E-state index contributed by atoms with van der Waals surface area (Å²) in [6, 6.07) is 10.2. The SMILES string of the molecule is CC(NC1CC(NC(=O)OCc2ccccc2)C1)C(=O)NC1CC1. The third-order valence-electron chi connectivity index (χ3n) is 4.48. The van der Waals surface area contributed by atoms with Gasteiger partial charge in [0.05, 0.1) is 6.04 Å². The van der Waals surface area contributed by atoms with Crippen LogP contribution in [0.25, 0.3) is 0 Å². The van der Waals surface area contributed by atoms with E-state index in [0.717, 1.165) is 31.2 Å². The van der Waals surface area contributed by atoms with Crippen molar-refractivity contribution >= 4 is 12.0 Å². The van der Waals surface area contributed by atoms with Gasteiger partial charge in [0.15, 0.2) is 0 Å². The molecule has 2 amide bonds. The van der Waals surface area contributed by atoms with E-state index in [1.54, 1.807) is 0 Å². The highest BCUT2D eigenvalue weighted by molar-refractivity contribution is 5.81. The summed E-state index contributed by atoms with van der Waals surface area (Å²) in [6.45, 7) is 2.16. The lowest BCUT2D eigenvalue weighted by molar-refractivity contribution is -0.123. The average Bonchev–Trinajstić information content (AvgIpc) is 3.35. The van der Waals surface area contributed by atoms with Gasteiger partial charge in [-0.3, -0.25) is 4.79 Å². The van der Waals surface area contributed by atoms with Crippen molar-refractivity contribution in [2.45, 2.75) is 63.4 Å². The molecule has 0 bridgehead atoms. The number of benzene rings is 1. The molecule has 0 radical (unpaired) electrons. The number of alkyl carbamates (subject to hydrolysis) is 1. The summed E-state index contributed by atoms with van der Waals surface area (Å²) in [5.74, 6) is 0.0659. The van der Waals surface area contributed by atoms with Crippen molar-refractivity contribution in [3.05, 3.63) is 35.9 Å². The molecular formula is C18H25N3O3. The summed E-state index contributed by atoms with van der Waals surface area (Å²) in [5, 5.41) is 9.16. The predicted octanol–water partition coefficient (Wildman–Crippen LogP) is 1.70. The van der Waals surface area contributed by atoms with Crippen molar-refractivity contribution in [2.24, 2.45) is 0 Å². The predicted molar refractivity (Wildman–Crippen MR) is 90.3 cm³/mol. The number of rotatable bonds is 7. The Balaban J connectivity index is 1.28. The molecule has 1 unspecified atom stereocenters. The van der Waals surface area contributed by atoms with Crippen molar-refractivity contribution in [1.29, 1.82) is 0 Å². The van der Waals surface area contributed by atoms with Crippen molar-refractivity contribution in [3.8, 4) is 0 Å². The van der Waals surface area contributed by atoms with E-state index in [2.05, 4.69) is 16.0 Å². The van der Waals surface area contributed by atoms with Crippen molar-refractivity contribution in [3.63, 3.8) is 0 Å². The van der Waals surface area contributed by atoms with Crippen LogP contribution in [0.1, 0.15) is 38.2 Å². The van der Waals surface area contributed by atoms with Gasteiger partial charge in [-0.25, -0.2) is 4.79 Å². The molecule has 0 aromatic heterocycles. The molecule has 2 aliphatic carbocycles. The molecule has 0 saturated heterocycles. The first-order valence-corrected chi connectivity index (χ1v) is 8.64. The van der Waals surface area contributed by atoms with E-state index in [0.29, 0.717) is 6.04 Å². The van der Waals surface area contributed by atoms with Gasteiger partial charge >= 0.3 is 6.09 Å². The van der Waals surface area contributed by atoms with Gasteiger partial charge in [0.1, 0.15) is 6.61 Å². The highest BCUT2D eigenvalue weighted by Crippen LogP contribution is 2.21. The standard InChI is InChI=1S/C18H25N3O3/c1-12(17(22)20-14-7-8-14)19-15-9-16(10-15)21-18(23)24-11-13-5-3-2-4-6-13/h2-6,12,14-16,19H,7-11H2,1H3,(H,20,22)(H,21,23). The lowest BCUT2D eigenvalue weighted by Crippen LogP contribution is -2.56. The number of hydrogen-bond acceptors (Lipinski definition) is 4. The molecule has 6 nitrogen and oxygen atoms in total. The molecule has 1 atom stereocenters. The zero-order valence-electron chi connectivity index (χ0n) is 14.0. The Morgan fingerprint density at radius 3 is 2.46 bits per heavy atom. The maximum Gasteiger partial charge on any atom is 0.407 e. The Hall–Kier alpha value is -2.08. The largest absolute Gasteiger partial charge is 0.445 e. The van der Waals surface area contributed by atoms with Crippen LogP contribution in [-0.2, 0) is 16.1 Å². The van der Waals surface area contributed by atoms with Crippen LogP contribution in [-0.4, -0.2) is 36.2 Å². The van der Waals surface area contributed by atoms with Crippen molar-refractivity contribution < 1.29 is 14.3 Å². The van der Waals surface area contributed by atoms with Crippen LogP contribution in [0.15, 0.2) is 30.3 Å². The fourth-order valence-corrected chi connectivity index (χ4v) is 2.79. The number of carbonyl (C=O) groups is 2. The van der Waals surface area contributed by atoms with Crippen LogP contribution in [0.5, 0.6) is 0 Å². The van der Waals surface area contributed by atoms with Gasteiger partial charge in [-0.15, -0.1) is 0 Å². The van der Waals surface area contributed by atoms with Gasteiger partial charge in [-0.2, -0.15) is 0 Å². The third-order valence-corrected chi connectivity index (χ3v) is 4.48. The second kappa shape index (κ2) is 7.66. The van der Waals surface area contributed by atoms with Crippen LogP contribution in [0.4, 0.5) is 4.79 Å². The van der Waals surface area contributed by atoms with Crippen LogP contribution in [0.2, 0.25) is 0 Å². The molecule has 0 spiro atoms. The molecule has 2 aliphatic rings. The van der Waals surface area contributed by atoms with E-state index in [9.17, 15) is 9.59 Å².